The maximum Gasteiger partial charge on any atom is 0.187 e. The molecule has 0 N–H and O–H groups in total. The first-order valence-corrected chi connectivity index (χ1v) is 9.00. The SMILES string of the molecule is CCCCCCCCOC[N+](C)(C)c1ccc2nsnc2c1. The van der Waals surface area contributed by atoms with Crippen molar-refractivity contribution in [2.45, 2.75) is 45.4 Å². The lowest BCUT2D eigenvalue weighted by Crippen LogP contribution is -2.42. The Labute approximate surface area is 138 Å². The highest BCUT2D eigenvalue weighted by Crippen LogP contribution is 2.23. The number of nitrogens with zero attached hydrogens (tertiary/aromatic N) is 3. The first-order valence-electron chi connectivity index (χ1n) is 8.27. The lowest BCUT2D eigenvalue weighted by molar-refractivity contribution is 0.0562. The average Bonchev–Trinajstić information content (AvgIpc) is 2.97. The molecule has 0 aliphatic heterocycles. The first kappa shape index (κ1) is 17.3. The second-order valence-corrected chi connectivity index (χ2v) is 6.96. The van der Waals surface area contributed by atoms with E-state index in [0.717, 1.165) is 17.6 Å². The van der Waals surface area contributed by atoms with Gasteiger partial charge in [0.1, 0.15) is 16.7 Å². The minimum atomic E-state index is 0.692. The van der Waals surface area contributed by atoms with E-state index in [0.29, 0.717) is 11.2 Å². The zero-order chi connectivity index (χ0) is 15.8. The number of quaternary nitrogens is 1. The van der Waals surface area contributed by atoms with Crippen LogP contribution in [0, 0.1) is 0 Å². The Morgan fingerprint density at radius 1 is 1.00 bits per heavy atom. The fraction of sp³-hybridized carbons (Fsp3) is 0.647. The van der Waals surface area contributed by atoms with Crippen LogP contribution in [0.4, 0.5) is 5.69 Å². The molecule has 0 aliphatic carbocycles. The van der Waals surface area contributed by atoms with Gasteiger partial charge in [-0.05, 0) is 12.5 Å². The Morgan fingerprint density at radius 2 is 1.73 bits per heavy atom. The fourth-order valence-corrected chi connectivity index (χ4v) is 3.02. The van der Waals surface area contributed by atoms with Crippen molar-refractivity contribution in [2.75, 3.05) is 27.4 Å². The quantitative estimate of drug-likeness (QED) is 0.364. The van der Waals surface area contributed by atoms with Crippen LogP contribution in [-0.4, -0.2) is 36.2 Å². The standard InChI is InChI=1S/C17H28N3OS/c1-4-5-6-7-8-9-12-21-14-20(2,3)15-10-11-16-17(13-15)19-22-18-16/h10-11,13H,4-9,12,14H2,1-3H3/q+1. The molecular weight excluding hydrogens is 294 g/mol. The maximum atomic E-state index is 5.89. The zero-order valence-corrected chi connectivity index (χ0v) is 14.9. The summed E-state index contributed by atoms with van der Waals surface area (Å²) in [6.07, 6.45) is 7.81. The van der Waals surface area contributed by atoms with Crippen molar-refractivity contribution in [3.05, 3.63) is 18.2 Å². The van der Waals surface area contributed by atoms with Gasteiger partial charge in [-0.3, -0.25) is 4.48 Å². The van der Waals surface area contributed by atoms with E-state index in [9.17, 15) is 0 Å². The number of fused-ring (bicyclic) bond motifs is 1. The van der Waals surface area contributed by atoms with Crippen molar-refractivity contribution in [2.24, 2.45) is 0 Å². The van der Waals surface area contributed by atoms with Crippen LogP contribution in [-0.2, 0) is 4.74 Å². The van der Waals surface area contributed by atoms with Gasteiger partial charge < -0.3 is 4.74 Å². The van der Waals surface area contributed by atoms with Gasteiger partial charge in [-0.25, -0.2) is 0 Å². The van der Waals surface area contributed by atoms with E-state index in [1.54, 1.807) is 0 Å². The third-order valence-electron chi connectivity index (χ3n) is 3.99. The smallest absolute Gasteiger partial charge is 0.187 e. The molecule has 0 bridgehead atoms. The van der Waals surface area contributed by atoms with Gasteiger partial charge in [0, 0.05) is 12.1 Å². The third-order valence-corrected chi connectivity index (χ3v) is 4.55. The van der Waals surface area contributed by atoms with Gasteiger partial charge in [-0.15, -0.1) is 0 Å². The molecule has 0 fully saturated rings. The van der Waals surface area contributed by atoms with Crippen LogP contribution in [0.15, 0.2) is 18.2 Å². The molecule has 0 saturated heterocycles. The lowest BCUT2D eigenvalue weighted by atomic mass is 10.1. The second kappa shape index (κ2) is 8.56. The fourth-order valence-electron chi connectivity index (χ4n) is 2.50. The molecular formula is C17H28N3OS+. The number of aromatic nitrogens is 2. The van der Waals surface area contributed by atoms with Gasteiger partial charge in [0.15, 0.2) is 6.73 Å². The molecule has 0 aliphatic rings. The summed E-state index contributed by atoms with van der Waals surface area (Å²) >= 11 is 1.27. The molecule has 1 heterocycles. The number of hydrogen-bond acceptors (Lipinski definition) is 4. The molecule has 0 saturated carbocycles. The summed E-state index contributed by atoms with van der Waals surface area (Å²) < 4.78 is 15.2. The molecule has 122 valence electrons. The van der Waals surface area contributed by atoms with Gasteiger partial charge in [0.05, 0.1) is 32.4 Å². The highest BCUT2D eigenvalue weighted by molar-refractivity contribution is 7.00. The predicted molar refractivity (Wildman–Crippen MR) is 95.3 cm³/mol. The Kier molecular flexibility index (Phi) is 6.73. The molecule has 5 heteroatoms. The van der Waals surface area contributed by atoms with Crippen LogP contribution in [0.2, 0.25) is 0 Å². The van der Waals surface area contributed by atoms with Crippen LogP contribution in [0.1, 0.15) is 45.4 Å². The molecule has 0 radical (unpaired) electrons. The summed E-state index contributed by atoms with van der Waals surface area (Å²) in [5.74, 6) is 0. The highest BCUT2D eigenvalue weighted by Gasteiger charge is 2.20. The lowest BCUT2D eigenvalue weighted by Gasteiger charge is -2.28. The molecule has 1 aromatic heterocycles. The van der Waals surface area contributed by atoms with Crippen LogP contribution < -0.4 is 4.48 Å². The van der Waals surface area contributed by atoms with Crippen LogP contribution in [0.25, 0.3) is 11.0 Å². The van der Waals surface area contributed by atoms with E-state index < -0.39 is 0 Å². The molecule has 2 rings (SSSR count). The summed E-state index contributed by atoms with van der Waals surface area (Å²) in [4.78, 5) is 0. The molecule has 2 aromatic rings. The van der Waals surface area contributed by atoms with Gasteiger partial charge >= 0.3 is 0 Å². The molecule has 1 aromatic carbocycles. The summed E-state index contributed by atoms with van der Waals surface area (Å²) in [6.45, 7) is 3.80. The molecule has 0 atom stereocenters. The van der Waals surface area contributed by atoms with Crippen LogP contribution >= 0.6 is 11.7 Å². The monoisotopic (exact) mass is 322 g/mol. The Balaban J connectivity index is 1.73. The van der Waals surface area contributed by atoms with E-state index in [2.05, 4.69) is 41.9 Å². The van der Waals surface area contributed by atoms with E-state index >= 15 is 0 Å². The molecule has 0 unspecified atom stereocenters. The van der Waals surface area contributed by atoms with Crippen LogP contribution in [0.3, 0.4) is 0 Å². The topological polar surface area (TPSA) is 35.0 Å². The summed E-state index contributed by atoms with van der Waals surface area (Å²) in [5, 5.41) is 0. The number of ether oxygens (including phenoxy) is 1. The second-order valence-electron chi connectivity index (χ2n) is 6.43. The Morgan fingerprint density at radius 3 is 2.55 bits per heavy atom. The summed E-state index contributed by atoms with van der Waals surface area (Å²) in [6, 6.07) is 6.28. The predicted octanol–water partition coefficient (Wildman–Crippen LogP) is 4.59. The number of rotatable bonds is 10. The van der Waals surface area contributed by atoms with E-state index in [4.69, 9.17) is 4.74 Å². The molecule has 0 spiro atoms. The van der Waals surface area contributed by atoms with Crippen molar-refractivity contribution in [3.63, 3.8) is 0 Å². The third kappa shape index (κ3) is 5.00. The van der Waals surface area contributed by atoms with E-state index in [-0.39, 0.29) is 0 Å². The van der Waals surface area contributed by atoms with Gasteiger partial charge in [-0.1, -0.05) is 39.0 Å². The zero-order valence-electron chi connectivity index (χ0n) is 14.0. The number of hydrogen-bond donors (Lipinski definition) is 0. The van der Waals surface area contributed by atoms with E-state index in [1.165, 1.54) is 55.9 Å². The van der Waals surface area contributed by atoms with Crippen molar-refractivity contribution in [3.8, 4) is 0 Å². The van der Waals surface area contributed by atoms with Crippen molar-refractivity contribution < 1.29 is 4.74 Å². The molecule has 0 amide bonds. The Bertz CT molecular complexity index is 568. The summed E-state index contributed by atoms with van der Waals surface area (Å²) in [7, 11) is 4.34. The number of unbranched alkanes of at least 4 members (excludes halogenated alkanes) is 5. The highest BCUT2D eigenvalue weighted by atomic mass is 32.1. The Hall–Kier alpha value is -1.04. The van der Waals surface area contributed by atoms with Gasteiger partial charge in [0.2, 0.25) is 0 Å². The van der Waals surface area contributed by atoms with Gasteiger partial charge in [0.25, 0.3) is 0 Å². The van der Waals surface area contributed by atoms with E-state index in [1.807, 2.05) is 6.07 Å². The van der Waals surface area contributed by atoms with Gasteiger partial charge in [-0.2, -0.15) is 8.75 Å². The average molecular weight is 322 g/mol. The first-order chi connectivity index (χ1) is 10.6. The summed E-state index contributed by atoms with van der Waals surface area (Å²) in [5.41, 5.74) is 3.16. The number of benzene rings is 1. The van der Waals surface area contributed by atoms with Crippen molar-refractivity contribution >= 4 is 28.4 Å². The van der Waals surface area contributed by atoms with Crippen molar-refractivity contribution in [1.82, 2.24) is 13.2 Å². The largest absolute Gasteiger partial charge is 0.331 e. The van der Waals surface area contributed by atoms with Crippen molar-refractivity contribution in [1.29, 1.82) is 0 Å². The molecule has 22 heavy (non-hydrogen) atoms. The maximum absolute atomic E-state index is 5.89. The minimum absolute atomic E-state index is 0.692. The normalized spacial score (nSPS) is 12.1. The minimum Gasteiger partial charge on any atom is -0.331 e. The van der Waals surface area contributed by atoms with Crippen LogP contribution in [0.5, 0.6) is 0 Å². The molecule has 4 nitrogen and oxygen atoms in total.